The molecule has 0 unspecified atom stereocenters. The lowest BCUT2D eigenvalue weighted by Crippen LogP contribution is -2.05. The predicted octanol–water partition coefficient (Wildman–Crippen LogP) is 5.43. The smallest absolute Gasteiger partial charge is 0.168 e. The van der Waals surface area contributed by atoms with Crippen LogP contribution in [0.3, 0.4) is 0 Å². The fraction of sp³-hybridized carbons (Fsp3) is 0.0714. The van der Waals surface area contributed by atoms with Crippen LogP contribution in [0.25, 0.3) is 0 Å². The van der Waals surface area contributed by atoms with Crippen molar-refractivity contribution in [3.63, 3.8) is 0 Å². The fourth-order valence-electron chi connectivity index (χ4n) is 1.66. The van der Waals surface area contributed by atoms with E-state index in [1.54, 1.807) is 30.3 Å². The molecule has 2 aromatic rings. The first-order valence-electron chi connectivity index (χ1n) is 5.40. The predicted molar refractivity (Wildman–Crippen MR) is 81.3 cm³/mol. The lowest BCUT2D eigenvalue weighted by atomic mass is 10.0. The van der Waals surface area contributed by atoms with Crippen molar-refractivity contribution in [2.24, 2.45) is 0 Å². The summed E-state index contributed by atoms with van der Waals surface area (Å²) < 4.78 is 14.4. The first-order valence-corrected chi connectivity index (χ1v) is 7.36. The van der Waals surface area contributed by atoms with Gasteiger partial charge in [-0.3, -0.25) is 4.79 Å². The van der Waals surface area contributed by atoms with Crippen molar-refractivity contribution in [2.45, 2.75) is 6.42 Å². The number of rotatable bonds is 3. The van der Waals surface area contributed by atoms with Crippen LogP contribution < -0.4 is 0 Å². The van der Waals surface area contributed by atoms with Gasteiger partial charge in [-0.05, 0) is 45.8 Å². The zero-order valence-corrected chi connectivity index (χ0v) is 13.5. The highest BCUT2D eigenvalue weighted by Crippen LogP contribution is 2.25. The van der Waals surface area contributed by atoms with E-state index in [1.807, 2.05) is 0 Å². The Morgan fingerprint density at radius 3 is 2.68 bits per heavy atom. The molecule has 0 aliphatic heterocycles. The second kappa shape index (κ2) is 6.16. The number of ketones is 1. The molecule has 2 aromatic carbocycles. The van der Waals surface area contributed by atoms with Gasteiger partial charge in [-0.25, -0.2) is 4.39 Å². The van der Waals surface area contributed by atoms with E-state index in [0.29, 0.717) is 25.1 Å². The molecular weight excluding hydrogens is 398 g/mol. The SMILES string of the molecule is O=C(Cc1cccc(F)c1Br)c1cc(Cl)ccc1Br. The molecule has 19 heavy (non-hydrogen) atoms. The van der Waals surface area contributed by atoms with Crippen molar-refractivity contribution in [3.05, 3.63) is 67.3 Å². The number of carbonyl (C=O) groups excluding carboxylic acids is 1. The largest absolute Gasteiger partial charge is 0.294 e. The van der Waals surface area contributed by atoms with Crippen LogP contribution in [0, 0.1) is 5.82 Å². The average molecular weight is 406 g/mol. The Kier molecular flexibility index (Phi) is 4.76. The second-order valence-electron chi connectivity index (χ2n) is 3.94. The van der Waals surface area contributed by atoms with Gasteiger partial charge in [-0.15, -0.1) is 0 Å². The molecule has 5 heteroatoms. The topological polar surface area (TPSA) is 17.1 Å². The van der Waals surface area contributed by atoms with E-state index in [1.165, 1.54) is 6.07 Å². The summed E-state index contributed by atoms with van der Waals surface area (Å²) in [7, 11) is 0. The standard InChI is InChI=1S/C14H8Br2ClFO/c15-11-5-4-9(17)7-10(11)13(19)6-8-2-1-3-12(18)14(8)16/h1-5,7H,6H2. The molecular formula is C14H8Br2ClFO. The molecule has 0 saturated heterocycles. The molecule has 0 heterocycles. The molecule has 0 aliphatic carbocycles. The first-order chi connectivity index (χ1) is 8.99. The number of hydrogen-bond donors (Lipinski definition) is 0. The summed E-state index contributed by atoms with van der Waals surface area (Å²) in [6.07, 6.45) is 0.108. The maximum absolute atomic E-state index is 13.4. The monoisotopic (exact) mass is 404 g/mol. The molecule has 1 nitrogen and oxygen atoms in total. The minimum atomic E-state index is -0.379. The Hall–Kier alpha value is -0.710. The molecule has 0 spiro atoms. The number of Topliss-reactive ketones (excluding diaryl/α,β-unsaturated/α-hetero) is 1. The van der Waals surface area contributed by atoms with Crippen LogP contribution in [0.15, 0.2) is 45.3 Å². The Morgan fingerprint density at radius 1 is 1.21 bits per heavy atom. The summed E-state index contributed by atoms with van der Waals surface area (Å²) in [4.78, 5) is 12.2. The molecule has 0 bridgehead atoms. The second-order valence-corrected chi connectivity index (χ2v) is 6.02. The third-order valence-corrected chi connectivity index (χ3v) is 4.43. The van der Waals surface area contributed by atoms with Gasteiger partial charge in [0.1, 0.15) is 5.82 Å². The van der Waals surface area contributed by atoms with Gasteiger partial charge in [0, 0.05) is 21.5 Å². The van der Waals surface area contributed by atoms with Gasteiger partial charge in [-0.1, -0.05) is 39.7 Å². The minimum Gasteiger partial charge on any atom is -0.294 e. The summed E-state index contributed by atoms with van der Waals surface area (Å²) in [6.45, 7) is 0. The number of halogens is 4. The van der Waals surface area contributed by atoms with Crippen LogP contribution in [-0.4, -0.2) is 5.78 Å². The molecule has 0 radical (unpaired) electrons. The van der Waals surface area contributed by atoms with Crippen molar-refractivity contribution in [2.75, 3.05) is 0 Å². The summed E-state index contributed by atoms with van der Waals surface area (Å²) in [5.74, 6) is -0.504. The molecule has 2 rings (SSSR count). The van der Waals surface area contributed by atoms with Crippen molar-refractivity contribution in [3.8, 4) is 0 Å². The highest BCUT2D eigenvalue weighted by molar-refractivity contribution is 9.10. The van der Waals surface area contributed by atoms with E-state index >= 15 is 0 Å². The van der Waals surface area contributed by atoms with Crippen LogP contribution in [0.4, 0.5) is 4.39 Å². The highest BCUT2D eigenvalue weighted by Gasteiger charge is 2.14. The molecule has 0 amide bonds. The summed E-state index contributed by atoms with van der Waals surface area (Å²) in [6, 6.07) is 9.64. The zero-order valence-electron chi connectivity index (χ0n) is 9.59. The molecule has 98 valence electrons. The van der Waals surface area contributed by atoms with E-state index in [9.17, 15) is 9.18 Å². The summed E-state index contributed by atoms with van der Waals surface area (Å²) in [5, 5.41) is 0.491. The number of hydrogen-bond acceptors (Lipinski definition) is 1. The van der Waals surface area contributed by atoms with Gasteiger partial charge in [0.25, 0.3) is 0 Å². The van der Waals surface area contributed by atoms with E-state index in [0.717, 1.165) is 0 Å². The molecule has 0 saturated carbocycles. The van der Waals surface area contributed by atoms with Gasteiger partial charge >= 0.3 is 0 Å². The van der Waals surface area contributed by atoms with Gasteiger partial charge in [0.05, 0.1) is 4.47 Å². The molecule has 0 aromatic heterocycles. The molecule has 0 N–H and O–H groups in total. The van der Waals surface area contributed by atoms with Gasteiger partial charge in [0.15, 0.2) is 5.78 Å². The Morgan fingerprint density at radius 2 is 1.95 bits per heavy atom. The third kappa shape index (κ3) is 3.44. The fourth-order valence-corrected chi connectivity index (χ4v) is 2.71. The normalized spacial score (nSPS) is 10.5. The van der Waals surface area contributed by atoms with Crippen LogP contribution in [-0.2, 0) is 6.42 Å². The summed E-state index contributed by atoms with van der Waals surface area (Å²) in [5.41, 5.74) is 1.10. The Balaban J connectivity index is 2.31. The zero-order chi connectivity index (χ0) is 14.0. The first kappa shape index (κ1) is 14.7. The third-order valence-electron chi connectivity index (χ3n) is 2.61. The van der Waals surface area contributed by atoms with E-state index in [4.69, 9.17) is 11.6 Å². The lowest BCUT2D eigenvalue weighted by Gasteiger charge is -2.07. The van der Waals surface area contributed by atoms with E-state index < -0.39 is 0 Å². The van der Waals surface area contributed by atoms with Crippen molar-refractivity contribution in [1.82, 2.24) is 0 Å². The Bertz CT molecular complexity index is 643. The van der Waals surface area contributed by atoms with Gasteiger partial charge in [0.2, 0.25) is 0 Å². The maximum Gasteiger partial charge on any atom is 0.168 e. The van der Waals surface area contributed by atoms with Crippen molar-refractivity contribution < 1.29 is 9.18 Å². The molecule has 0 aliphatic rings. The van der Waals surface area contributed by atoms with Crippen LogP contribution in [0.1, 0.15) is 15.9 Å². The molecule has 0 fully saturated rings. The minimum absolute atomic E-state index is 0.108. The van der Waals surface area contributed by atoms with Gasteiger partial charge in [-0.2, -0.15) is 0 Å². The summed E-state index contributed by atoms with van der Waals surface area (Å²) >= 11 is 12.3. The van der Waals surface area contributed by atoms with Crippen molar-refractivity contribution >= 4 is 49.2 Å². The Labute approximate surface area is 132 Å². The van der Waals surface area contributed by atoms with Crippen LogP contribution in [0.5, 0.6) is 0 Å². The lowest BCUT2D eigenvalue weighted by molar-refractivity contribution is 0.0992. The van der Waals surface area contributed by atoms with E-state index in [-0.39, 0.29) is 18.0 Å². The highest BCUT2D eigenvalue weighted by atomic mass is 79.9. The van der Waals surface area contributed by atoms with Crippen LogP contribution in [0.2, 0.25) is 5.02 Å². The molecule has 0 atom stereocenters. The van der Waals surface area contributed by atoms with Crippen LogP contribution >= 0.6 is 43.5 Å². The average Bonchev–Trinajstić information content (AvgIpc) is 2.38. The van der Waals surface area contributed by atoms with E-state index in [2.05, 4.69) is 31.9 Å². The number of benzene rings is 2. The maximum atomic E-state index is 13.4. The number of carbonyl (C=O) groups is 1. The van der Waals surface area contributed by atoms with Crippen molar-refractivity contribution in [1.29, 1.82) is 0 Å². The quantitative estimate of drug-likeness (QED) is 0.621. The van der Waals surface area contributed by atoms with Gasteiger partial charge < -0.3 is 0 Å².